The Morgan fingerprint density at radius 3 is 2.44 bits per heavy atom. The molecule has 0 spiro atoms. The lowest BCUT2D eigenvalue weighted by molar-refractivity contribution is -0.137. The monoisotopic (exact) mass is 396 g/mol. The summed E-state index contributed by atoms with van der Waals surface area (Å²) in [6, 6.07) is 9.80. The Balaban J connectivity index is 2.02. The average molecular weight is 396 g/mol. The molecule has 0 atom stereocenters. The van der Waals surface area contributed by atoms with Gasteiger partial charge >= 0.3 is 6.18 Å². The normalized spacial score (nSPS) is 13.5. The molecule has 0 fully saturated rings. The number of nitrogens with zero attached hydrogens (tertiary/aromatic N) is 1. The summed E-state index contributed by atoms with van der Waals surface area (Å²) in [6.07, 6.45) is -2.37. The first-order chi connectivity index (χ1) is 12.9. The number of methoxy groups -OCH3 is 1. The molecular weight excluding hydrogens is 373 g/mol. The van der Waals surface area contributed by atoms with E-state index in [1.54, 1.807) is 19.2 Å². The molecule has 27 heavy (non-hydrogen) atoms. The van der Waals surface area contributed by atoms with Gasteiger partial charge in [-0.1, -0.05) is 13.8 Å². The Labute approximate surface area is 162 Å². The number of halogens is 3. The zero-order valence-electron chi connectivity index (χ0n) is 15.6. The first-order valence-electron chi connectivity index (χ1n) is 8.95. The van der Waals surface area contributed by atoms with Gasteiger partial charge in [-0.3, -0.25) is 9.62 Å². The van der Waals surface area contributed by atoms with Crippen LogP contribution in [0.3, 0.4) is 0 Å². The van der Waals surface area contributed by atoms with Gasteiger partial charge in [-0.2, -0.15) is 13.2 Å². The highest BCUT2D eigenvalue weighted by Gasteiger charge is 2.33. The van der Waals surface area contributed by atoms with E-state index in [0.717, 1.165) is 35.1 Å². The van der Waals surface area contributed by atoms with Gasteiger partial charge in [0, 0.05) is 16.5 Å². The molecule has 0 saturated carbocycles. The summed E-state index contributed by atoms with van der Waals surface area (Å²) in [5.41, 5.74) is 1.53. The number of anilines is 1. The number of rotatable bonds is 6. The summed E-state index contributed by atoms with van der Waals surface area (Å²) >= 11 is 1.52. The smallest absolute Gasteiger partial charge is 0.416 e. The quantitative estimate of drug-likeness (QED) is 0.611. The SMILES string of the molecule is CCC(CC)NCN1Sc2cc(OC)ccc2-c2cc(C(F)(F)F)ccc21. The molecule has 0 unspecified atom stereocenters. The number of ether oxygens (including phenoxy) is 1. The summed E-state index contributed by atoms with van der Waals surface area (Å²) in [5.74, 6) is 0.685. The third-order valence-corrected chi connectivity index (χ3v) is 5.87. The van der Waals surface area contributed by atoms with Crippen LogP contribution in [0.5, 0.6) is 5.75 Å². The van der Waals surface area contributed by atoms with E-state index in [-0.39, 0.29) is 0 Å². The van der Waals surface area contributed by atoms with Gasteiger partial charge in [0.15, 0.2) is 0 Å². The van der Waals surface area contributed by atoms with E-state index < -0.39 is 11.7 Å². The average Bonchev–Trinajstić information content (AvgIpc) is 2.67. The van der Waals surface area contributed by atoms with Crippen LogP contribution >= 0.6 is 11.9 Å². The predicted molar refractivity (Wildman–Crippen MR) is 104 cm³/mol. The third-order valence-electron chi connectivity index (χ3n) is 4.79. The van der Waals surface area contributed by atoms with E-state index in [9.17, 15) is 13.2 Å². The molecule has 2 aromatic rings. The van der Waals surface area contributed by atoms with Crippen molar-refractivity contribution < 1.29 is 17.9 Å². The number of nitrogens with one attached hydrogen (secondary N) is 1. The first-order valence-corrected chi connectivity index (χ1v) is 9.73. The van der Waals surface area contributed by atoms with Crippen molar-refractivity contribution in [3.05, 3.63) is 42.0 Å². The van der Waals surface area contributed by atoms with E-state index in [1.807, 2.05) is 16.4 Å². The van der Waals surface area contributed by atoms with Gasteiger partial charge in [-0.05, 0) is 66.8 Å². The van der Waals surface area contributed by atoms with Crippen LogP contribution in [-0.2, 0) is 6.18 Å². The molecule has 3 nitrogen and oxygen atoms in total. The van der Waals surface area contributed by atoms with Crippen molar-refractivity contribution >= 4 is 17.6 Å². The van der Waals surface area contributed by atoms with Crippen molar-refractivity contribution in [1.82, 2.24) is 5.32 Å². The maximum absolute atomic E-state index is 13.2. The maximum Gasteiger partial charge on any atom is 0.416 e. The van der Waals surface area contributed by atoms with Gasteiger partial charge in [0.05, 0.1) is 25.0 Å². The van der Waals surface area contributed by atoms with E-state index in [0.29, 0.717) is 24.0 Å². The molecule has 0 saturated heterocycles. The molecular formula is C20H23F3N2OS. The Kier molecular flexibility index (Phi) is 5.91. The number of hydrogen-bond acceptors (Lipinski definition) is 4. The van der Waals surface area contributed by atoms with Gasteiger partial charge in [0.25, 0.3) is 0 Å². The Hall–Kier alpha value is -1.86. The summed E-state index contributed by atoms with van der Waals surface area (Å²) in [4.78, 5) is 0.882. The molecule has 1 N–H and O–H groups in total. The zero-order valence-corrected chi connectivity index (χ0v) is 16.4. The zero-order chi connectivity index (χ0) is 19.6. The van der Waals surface area contributed by atoms with Crippen molar-refractivity contribution in [3.8, 4) is 16.9 Å². The fourth-order valence-electron chi connectivity index (χ4n) is 3.15. The highest BCUT2D eigenvalue weighted by Crippen LogP contribution is 2.48. The van der Waals surface area contributed by atoms with Gasteiger partial charge in [0.2, 0.25) is 0 Å². The van der Waals surface area contributed by atoms with Gasteiger partial charge < -0.3 is 4.74 Å². The number of benzene rings is 2. The minimum Gasteiger partial charge on any atom is -0.497 e. The minimum atomic E-state index is -4.37. The lowest BCUT2D eigenvalue weighted by Gasteiger charge is -2.33. The number of alkyl halides is 3. The van der Waals surface area contributed by atoms with Crippen LogP contribution in [-0.4, -0.2) is 19.8 Å². The molecule has 1 aliphatic rings. The molecule has 146 valence electrons. The van der Waals surface area contributed by atoms with Crippen LogP contribution in [0.4, 0.5) is 18.9 Å². The fourth-order valence-corrected chi connectivity index (χ4v) is 4.23. The van der Waals surface area contributed by atoms with Crippen molar-refractivity contribution in [2.75, 3.05) is 18.1 Å². The maximum atomic E-state index is 13.2. The molecule has 0 aliphatic carbocycles. The molecule has 3 rings (SSSR count). The van der Waals surface area contributed by atoms with Crippen molar-refractivity contribution in [2.45, 2.75) is 43.8 Å². The lowest BCUT2D eigenvalue weighted by atomic mass is 10.00. The van der Waals surface area contributed by atoms with Crippen molar-refractivity contribution in [3.63, 3.8) is 0 Å². The third kappa shape index (κ3) is 4.19. The Bertz CT molecular complexity index is 806. The number of hydrogen-bond donors (Lipinski definition) is 1. The van der Waals surface area contributed by atoms with Crippen LogP contribution < -0.4 is 14.4 Å². The second kappa shape index (κ2) is 8.02. The van der Waals surface area contributed by atoms with Gasteiger partial charge in [0.1, 0.15) is 5.75 Å². The van der Waals surface area contributed by atoms with Crippen LogP contribution in [0.25, 0.3) is 11.1 Å². The molecule has 0 amide bonds. The molecule has 7 heteroatoms. The summed E-state index contributed by atoms with van der Waals surface area (Å²) in [5, 5.41) is 3.49. The lowest BCUT2D eigenvalue weighted by Crippen LogP contribution is -2.37. The van der Waals surface area contributed by atoms with Crippen LogP contribution in [0.1, 0.15) is 32.3 Å². The van der Waals surface area contributed by atoms with Crippen molar-refractivity contribution in [2.24, 2.45) is 0 Å². The molecule has 1 aliphatic heterocycles. The minimum absolute atomic E-state index is 0.371. The number of fused-ring (bicyclic) bond motifs is 3. The van der Waals surface area contributed by atoms with E-state index in [1.165, 1.54) is 18.0 Å². The topological polar surface area (TPSA) is 24.5 Å². The largest absolute Gasteiger partial charge is 0.497 e. The van der Waals surface area contributed by atoms with Gasteiger partial charge in [-0.15, -0.1) is 0 Å². The van der Waals surface area contributed by atoms with Crippen molar-refractivity contribution in [1.29, 1.82) is 0 Å². The highest BCUT2D eigenvalue weighted by atomic mass is 32.2. The predicted octanol–water partition coefficient (Wildman–Crippen LogP) is 5.94. The fraction of sp³-hybridized carbons (Fsp3) is 0.400. The first kappa shape index (κ1) is 19.9. The van der Waals surface area contributed by atoms with Crippen LogP contribution in [0, 0.1) is 0 Å². The second-order valence-corrected chi connectivity index (χ2v) is 7.50. The molecule has 0 aromatic heterocycles. The Morgan fingerprint density at radius 1 is 1.07 bits per heavy atom. The van der Waals surface area contributed by atoms with E-state index in [2.05, 4.69) is 19.2 Å². The van der Waals surface area contributed by atoms with Gasteiger partial charge in [-0.25, -0.2) is 0 Å². The molecule has 1 heterocycles. The summed E-state index contributed by atoms with van der Waals surface area (Å²) in [7, 11) is 1.58. The van der Waals surface area contributed by atoms with E-state index in [4.69, 9.17) is 4.74 Å². The molecule has 0 bridgehead atoms. The summed E-state index contributed by atoms with van der Waals surface area (Å²) < 4.78 is 47.0. The van der Waals surface area contributed by atoms with Crippen LogP contribution in [0.2, 0.25) is 0 Å². The standard InChI is InChI=1S/C20H23F3N2OS/c1-4-14(5-2)24-12-25-18-9-6-13(20(21,22)23)10-17(18)16-8-7-15(26-3)11-19(16)27-25/h6-11,14,24H,4-5,12H2,1-3H3. The molecule has 2 aromatic carbocycles. The van der Waals surface area contributed by atoms with E-state index >= 15 is 0 Å². The second-order valence-electron chi connectivity index (χ2n) is 6.44. The van der Waals surface area contributed by atoms with Crippen LogP contribution in [0.15, 0.2) is 41.3 Å². The highest BCUT2D eigenvalue weighted by molar-refractivity contribution is 8.01. The Morgan fingerprint density at radius 2 is 1.81 bits per heavy atom. The molecule has 0 radical (unpaired) electrons. The summed E-state index contributed by atoms with van der Waals surface area (Å²) in [6.45, 7) is 4.79.